The number of piperazine rings is 1. The average Bonchev–Trinajstić information content (AvgIpc) is 2.80. The molecule has 0 amide bonds. The third-order valence-corrected chi connectivity index (χ3v) is 4.28. The molecular formula is C13H17N3S. The van der Waals surface area contributed by atoms with Crippen molar-refractivity contribution in [3.05, 3.63) is 23.7 Å². The summed E-state index contributed by atoms with van der Waals surface area (Å²) in [7, 11) is 0. The minimum Gasteiger partial charge on any atom is -0.351 e. The van der Waals surface area contributed by atoms with E-state index in [1.54, 1.807) is 11.3 Å². The SMILES string of the molecule is CC1CN(c2nccc3sccc23)C(C)CN1. The van der Waals surface area contributed by atoms with E-state index >= 15 is 0 Å². The van der Waals surface area contributed by atoms with Crippen molar-refractivity contribution in [2.24, 2.45) is 0 Å². The lowest BCUT2D eigenvalue weighted by Gasteiger charge is -2.38. The summed E-state index contributed by atoms with van der Waals surface area (Å²) in [6, 6.07) is 5.31. The lowest BCUT2D eigenvalue weighted by Crippen LogP contribution is -2.54. The van der Waals surface area contributed by atoms with E-state index in [9.17, 15) is 0 Å². The topological polar surface area (TPSA) is 28.2 Å². The van der Waals surface area contributed by atoms with E-state index in [1.165, 1.54) is 10.1 Å². The maximum atomic E-state index is 4.59. The van der Waals surface area contributed by atoms with Crippen LogP contribution in [0.25, 0.3) is 10.1 Å². The van der Waals surface area contributed by atoms with Crippen LogP contribution in [0.5, 0.6) is 0 Å². The molecule has 4 heteroatoms. The maximum absolute atomic E-state index is 4.59. The zero-order valence-corrected chi connectivity index (χ0v) is 11.0. The van der Waals surface area contributed by atoms with Crippen LogP contribution in [0.2, 0.25) is 0 Å². The van der Waals surface area contributed by atoms with Crippen molar-refractivity contribution in [3.8, 4) is 0 Å². The fourth-order valence-electron chi connectivity index (χ4n) is 2.43. The zero-order valence-electron chi connectivity index (χ0n) is 10.2. The summed E-state index contributed by atoms with van der Waals surface area (Å²) in [6.07, 6.45) is 1.92. The molecule has 17 heavy (non-hydrogen) atoms. The minimum atomic E-state index is 0.504. The third kappa shape index (κ3) is 1.91. The first-order valence-electron chi connectivity index (χ1n) is 6.08. The highest BCUT2D eigenvalue weighted by Crippen LogP contribution is 2.30. The molecule has 2 unspecified atom stereocenters. The summed E-state index contributed by atoms with van der Waals surface area (Å²) < 4.78 is 1.33. The molecule has 2 aromatic heterocycles. The largest absolute Gasteiger partial charge is 0.351 e. The summed E-state index contributed by atoms with van der Waals surface area (Å²) in [6.45, 7) is 6.55. The second-order valence-corrected chi connectivity index (χ2v) is 5.73. The van der Waals surface area contributed by atoms with Crippen LogP contribution in [0.15, 0.2) is 23.7 Å². The van der Waals surface area contributed by atoms with Crippen LogP contribution in [-0.2, 0) is 0 Å². The molecule has 3 nitrogen and oxygen atoms in total. The Hall–Kier alpha value is -1.13. The van der Waals surface area contributed by atoms with Crippen LogP contribution in [0.4, 0.5) is 5.82 Å². The Labute approximate surface area is 105 Å². The van der Waals surface area contributed by atoms with Gasteiger partial charge in [-0.3, -0.25) is 0 Å². The molecule has 0 aliphatic carbocycles. The van der Waals surface area contributed by atoms with E-state index in [0.717, 1.165) is 18.9 Å². The van der Waals surface area contributed by atoms with Crippen LogP contribution in [0.1, 0.15) is 13.8 Å². The number of nitrogens with one attached hydrogen (secondary N) is 1. The molecule has 2 atom stereocenters. The van der Waals surface area contributed by atoms with Gasteiger partial charge >= 0.3 is 0 Å². The van der Waals surface area contributed by atoms with Gasteiger partial charge in [0.25, 0.3) is 0 Å². The van der Waals surface area contributed by atoms with Gasteiger partial charge in [0, 0.05) is 41.5 Å². The van der Waals surface area contributed by atoms with Gasteiger partial charge in [-0.25, -0.2) is 4.98 Å². The van der Waals surface area contributed by atoms with Crippen molar-refractivity contribution < 1.29 is 0 Å². The number of anilines is 1. The number of aromatic nitrogens is 1. The highest BCUT2D eigenvalue weighted by molar-refractivity contribution is 7.17. The molecule has 2 aromatic rings. The second kappa shape index (κ2) is 4.27. The molecule has 1 N–H and O–H groups in total. The van der Waals surface area contributed by atoms with E-state index in [1.807, 2.05) is 6.20 Å². The Morgan fingerprint density at radius 3 is 3.18 bits per heavy atom. The minimum absolute atomic E-state index is 0.504. The number of hydrogen-bond donors (Lipinski definition) is 1. The first-order valence-corrected chi connectivity index (χ1v) is 6.96. The Bertz CT molecular complexity index is 522. The van der Waals surface area contributed by atoms with Gasteiger partial charge in [0.15, 0.2) is 0 Å². The van der Waals surface area contributed by atoms with E-state index in [4.69, 9.17) is 0 Å². The number of fused-ring (bicyclic) bond motifs is 1. The van der Waals surface area contributed by atoms with Gasteiger partial charge in [-0.05, 0) is 31.4 Å². The molecule has 0 spiro atoms. The van der Waals surface area contributed by atoms with Gasteiger partial charge in [-0.15, -0.1) is 11.3 Å². The summed E-state index contributed by atoms with van der Waals surface area (Å²) >= 11 is 1.79. The Morgan fingerprint density at radius 1 is 1.41 bits per heavy atom. The van der Waals surface area contributed by atoms with Crippen molar-refractivity contribution in [2.75, 3.05) is 18.0 Å². The lowest BCUT2D eigenvalue weighted by atomic mass is 10.1. The summed E-state index contributed by atoms with van der Waals surface area (Å²) in [4.78, 5) is 7.02. The molecule has 0 radical (unpaired) electrons. The van der Waals surface area contributed by atoms with E-state index in [-0.39, 0.29) is 0 Å². The number of pyridine rings is 1. The molecular weight excluding hydrogens is 230 g/mol. The average molecular weight is 247 g/mol. The Morgan fingerprint density at radius 2 is 2.29 bits per heavy atom. The fraction of sp³-hybridized carbons (Fsp3) is 0.462. The van der Waals surface area contributed by atoms with Gasteiger partial charge in [0.1, 0.15) is 5.82 Å². The molecule has 90 valence electrons. The van der Waals surface area contributed by atoms with Gasteiger partial charge in [-0.2, -0.15) is 0 Å². The maximum Gasteiger partial charge on any atom is 0.137 e. The van der Waals surface area contributed by atoms with Gasteiger partial charge in [0.05, 0.1) is 0 Å². The molecule has 1 saturated heterocycles. The van der Waals surface area contributed by atoms with Crippen molar-refractivity contribution in [1.82, 2.24) is 10.3 Å². The molecule has 0 aromatic carbocycles. The van der Waals surface area contributed by atoms with Gasteiger partial charge in [0.2, 0.25) is 0 Å². The van der Waals surface area contributed by atoms with E-state index in [0.29, 0.717) is 12.1 Å². The predicted octanol–water partition coefficient (Wildman–Crippen LogP) is 2.48. The Kier molecular flexibility index (Phi) is 2.76. The highest BCUT2D eigenvalue weighted by atomic mass is 32.1. The van der Waals surface area contributed by atoms with E-state index < -0.39 is 0 Å². The van der Waals surface area contributed by atoms with Crippen LogP contribution >= 0.6 is 11.3 Å². The standard InChI is InChI=1S/C13H17N3S/c1-9-8-16(10(2)7-15-9)13-11-4-6-17-12(11)3-5-14-13/h3-6,9-10,15H,7-8H2,1-2H3. The van der Waals surface area contributed by atoms with Crippen LogP contribution < -0.4 is 10.2 Å². The first-order chi connectivity index (χ1) is 8.25. The van der Waals surface area contributed by atoms with Crippen LogP contribution in [-0.4, -0.2) is 30.2 Å². The number of rotatable bonds is 1. The van der Waals surface area contributed by atoms with Crippen molar-refractivity contribution in [3.63, 3.8) is 0 Å². The quantitative estimate of drug-likeness (QED) is 0.839. The summed E-state index contributed by atoms with van der Waals surface area (Å²) in [5.74, 6) is 1.14. The molecule has 1 aliphatic heterocycles. The third-order valence-electron chi connectivity index (χ3n) is 3.40. The number of hydrogen-bond acceptors (Lipinski definition) is 4. The van der Waals surface area contributed by atoms with Crippen LogP contribution in [0.3, 0.4) is 0 Å². The van der Waals surface area contributed by atoms with Gasteiger partial charge < -0.3 is 10.2 Å². The monoisotopic (exact) mass is 247 g/mol. The lowest BCUT2D eigenvalue weighted by molar-refractivity contribution is 0.423. The van der Waals surface area contributed by atoms with Crippen molar-refractivity contribution >= 4 is 27.2 Å². The Balaban J connectivity index is 2.04. The molecule has 1 aliphatic rings. The van der Waals surface area contributed by atoms with Crippen molar-refractivity contribution in [1.29, 1.82) is 0 Å². The predicted molar refractivity (Wildman–Crippen MR) is 73.9 cm³/mol. The molecule has 1 fully saturated rings. The second-order valence-electron chi connectivity index (χ2n) is 4.78. The smallest absolute Gasteiger partial charge is 0.137 e. The number of thiophene rings is 1. The zero-order chi connectivity index (χ0) is 11.8. The molecule has 3 heterocycles. The summed E-state index contributed by atoms with van der Waals surface area (Å²) in [5, 5.41) is 6.94. The summed E-state index contributed by atoms with van der Waals surface area (Å²) in [5.41, 5.74) is 0. The number of nitrogens with zero attached hydrogens (tertiary/aromatic N) is 2. The van der Waals surface area contributed by atoms with Gasteiger partial charge in [-0.1, -0.05) is 0 Å². The highest BCUT2D eigenvalue weighted by Gasteiger charge is 2.24. The van der Waals surface area contributed by atoms with Crippen LogP contribution in [0, 0.1) is 0 Å². The normalized spacial score (nSPS) is 25.4. The molecule has 0 bridgehead atoms. The molecule has 3 rings (SSSR count). The first kappa shape index (κ1) is 11.0. The van der Waals surface area contributed by atoms with E-state index in [2.05, 4.69) is 46.6 Å². The fourth-order valence-corrected chi connectivity index (χ4v) is 3.20. The molecule has 0 saturated carbocycles. The van der Waals surface area contributed by atoms with Crippen molar-refractivity contribution in [2.45, 2.75) is 25.9 Å².